The largest absolute Gasteiger partial charge is 0.421 e. The summed E-state index contributed by atoms with van der Waals surface area (Å²) in [4.78, 5) is 16.0. The first-order chi connectivity index (χ1) is 9.69. The summed E-state index contributed by atoms with van der Waals surface area (Å²) in [5, 5.41) is 0. The minimum absolute atomic E-state index is 0.110. The summed E-state index contributed by atoms with van der Waals surface area (Å²) >= 11 is 0. The number of nitrogens with zero attached hydrogens (tertiary/aromatic N) is 2. The van der Waals surface area contributed by atoms with Crippen LogP contribution in [0.5, 0.6) is 0 Å². The summed E-state index contributed by atoms with van der Waals surface area (Å²) in [5.41, 5.74) is 7.55. The zero-order chi connectivity index (χ0) is 14.1. The van der Waals surface area contributed by atoms with E-state index in [1.54, 1.807) is 30.5 Å². The molecule has 1 aromatic carbocycles. The fourth-order valence-corrected chi connectivity index (χ4v) is 2.11. The third-order valence-corrected chi connectivity index (χ3v) is 3.09. The quantitative estimate of drug-likeness (QED) is 0.787. The number of pyridine rings is 1. The number of benzene rings is 1. The zero-order valence-electron chi connectivity index (χ0n) is 10.5. The van der Waals surface area contributed by atoms with Crippen molar-refractivity contribution < 1.29 is 8.81 Å². The molecule has 2 aromatic heterocycles. The Labute approximate surface area is 113 Å². The summed E-state index contributed by atoms with van der Waals surface area (Å²) in [5.74, 6) is -0.837. The van der Waals surface area contributed by atoms with Gasteiger partial charge in [-0.25, -0.2) is 14.2 Å². The van der Waals surface area contributed by atoms with Crippen molar-refractivity contribution in [2.24, 2.45) is 5.73 Å². The van der Waals surface area contributed by atoms with Crippen molar-refractivity contribution >= 4 is 11.2 Å². The highest BCUT2D eigenvalue weighted by molar-refractivity contribution is 5.67. The Kier molecular flexibility index (Phi) is 3.08. The van der Waals surface area contributed by atoms with Crippen LogP contribution in [0.1, 0.15) is 11.1 Å². The average molecular weight is 273 g/mol. The Balaban J connectivity index is 2.05. The molecule has 0 spiro atoms. The number of hydrogen-bond donors (Lipinski definition) is 1. The third kappa shape index (κ3) is 2.10. The van der Waals surface area contributed by atoms with E-state index in [4.69, 9.17) is 10.2 Å². The Morgan fingerprint density at radius 2 is 2.20 bits per heavy atom. The minimum Gasteiger partial charge on any atom is -0.406 e. The summed E-state index contributed by atoms with van der Waals surface area (Å²) in [7, 11) is 0. The van der Waals surface area contributed by atoms with Crippen molar-refractivity contribution in [3.8, 4) is 0 Å². The molecular formula is C14H12FN3O2. The van der Waals surface area contributed by atoms with Crippen molar-refractivity contribution in [2.75, 3.05) is 0 Å². The molecule has 0 amide bonds. The van der Waals surface area contributed by atoms with Gasteiger partial charge in [-0.3, -0.25) is 4.57 Å². The SMILES string of the molecule is NCc1cc(Cn2c(=O)oc3cccnc32)ccc1F. The van der Waals surface area contributed by atoms with E-state index in [0.29, 0.717) is 16.8 Å². The molecule has 0 atom stereocenters. The van der Waals surface area contributed by atoms with Gasteiger partial charge in [0.15, 0.2) is 11.2 Å². The number of fused-ring (bicyclic) bond motifs is 1. The third-order valence-electron chi connectivity index (χ3n) is 3.09. The first kappa shape index (κ1) is 12.6. The van der Waals surface area contributed by atoms with Gasteiger partial charge in [-0.15, -0.1) is 0 Å². The van der Waals surface area contributed by atoms with E-state index in [9.17, 15) is 9.18 Å². The maximum Gasteiger partial charge on any atom is 0.421 e. The number of aromatic nitrogens is 2. The molecule has 0 saturated carbocycles. The molecule has 5 nitrogen and oxygen atoms in total. The lowest BCUT2D eigenvalue weighted by Gasteiger charge is -2.05. The predicted molar refractivity (Wildman–Crippen MR) is 71.7 cm³/mol. The van der Waals surface area contributed by atoms with Crippen LogP contribution in [0.25, 0.3) is 11.2 Å². The second-order valence-electron chi connectivity index (χ2n) is 4.41. The van der Waals surface area contributed by atoms with Crippen LogP contribution in [0.15, 0.2) is 45.7 Å². The normalized spacial score (nSPS) is 11.1. The molecule has 3 rings (SSSR count). The molecule has 0 aliphatic rings. The second kappa shape index (κ2) is 4.90. The maximum atomic E-state index is 13.4. The molecule has 3 aromatic rings. The Bertz CT molecular complexity index is 823. The van der Waals surface area contributed by atoms with E-state index in [1.165, 1.54) is 10.6 Å². The first-order valence-electron chi connectivity index (χ1n) is 6.11. The highest BCUT2D eigenvalue weighted by Crippen LogP contribution is 2.14. The Morgan fingerprint density at radius 1 is 1.35 bits per heavy atom. The van der Waals surface area contributed by atoms with Crippen LogP contribution in [-0.4, -0.2) is 9.55 Å². The fourth-order valence-electron chi connectivity index (χ4n) is 2.11. The smallest absolute Gasteiger partial charge is 0.406 e. The molecule has 6 heteroatoms. The minimum atomic E-state index is -0.489. The number of halogens is 1. The molecular weight excluding hydrogens is 261 g/mol. The fraction of sp³-hybridized carbons (Fsp3) is 0.143. The highest BCUT2D eigenvalue weighted by atomic mass is 19.1. The lowest BCUT2D eigenvalue weighted by Crippen LogP contribution is -2.15. The van der Waals surface area contributed by atoms with Crippen molar-refractivity contribution in [3.05, 3.63) is 64.0 Å². The Hall–Kier alpha value is -2.47. The maximum absolute atomic E-state index is 13.4. The van der Waals surface area contributed by atoms with E-state index < -0.39 is 5.76 Å². The van der Waals surface area contributed by atoms with Crippen LogP contribution < -0.4 is 11.5 Å². The topological polar surface area (TPSA) is 74.0 Å². The van der Waals surface area contributed by atoms with E-state index >= 15 is 0 Å². The van der Waals surface area contributed by atoms with Gasteiger partial charge in [0, 0.05) is 18.3 Å². The van der Waals surface area contributed by atoms with Gasteiger partial charge in [-0.1, -0.05) is 6.07 Å². The number of oxazole rings is 1. The number of rotatable bonds is 3. The van der Waals surface area contributed by atoms with Crippen molar-refractivity contribution in [3.63, 3.8) is 0 Å². The summed E-state index contributed by atoms with van der Waals surface area (Å²) in [6.45, 7) is 0.370. The molecule has 0 aliphatic carbocycles. The van der Waals surface area contributed by atoms with Crippen LogP contribution in [0, 0.1) is 5.82 Å². The molecule has 0 unspecified atom stereocenters. The highest BCUT2D eigenvalue weighted by Gasteiger charge is 2.11. The van der Waals surface area contributed by atoms with Gasteiger partial charge in [-0.2, -0.15) is 0 Å². The molecule has 2 heterocycles. The Morgan fingerprint density at radius 3 is 3.00 bits per heavy atom. The monoisotopic (exact) mass is 273 g/mol. The van der Waals surface area contributed by atoms with E-state index in [-0.39, 0.29) is 18.9 Å². The van der Waals surface area contributed by atoms with Gasteiger partial charge in [0.25, 0.3) is 0 Å². The predicted octanol–water partition coefficient (Wildman–Crippen LogP) is 1.64. The van der Waals surface area contributed by atoms with Crippen molar-refractivity contribution in [1.82, 2.24) is 9.55 Å². The molecule has 20 heavy (non-hydrogen) atoms. The van der Waals surface area contributed by atoms with Gasteiger partial charge in [-0.05, 0) is 29.8 Å². The van der Waals surface area contributed by atoms with E-state index in [1.807, 2.05) is 0 Å². The van der Waals surface area contributed by atoms with Crippen LogP contribution in [-0.2, 0) is 13.1 Å². The molecule has 0 fully saturated rings. The van der Waals surface area contributed by atoms with Crippen LogP contribution in [0.2, 0.25) is 0 Å². The van der Waals surface area contributed by atoms with Gasteiger partial charge in [0.2, 0.25) is 0 Å². The molecule has 2 N–H and O–H groups in total. The summed E-state index contributed by atoms with van der Waals surface area (Å²) in [6, 6.07) is 7.97. The molecule has 0 saturated heterocycles. The van der Waals surface area contributed by atoms with Crippen LogP contribution in [0.3, 0.4) is 0 Å². The van der Waals surface area contributed by atoms with Gasteiger partial charge in [0.05, 0.1) is 6.54 Å². The zero-order valence-corrected chi connectivity index (χ0v) is 10.5. The van der Waals surface area contributed by atoms with E-state index in [2.05, 4.69) is 4.98 Å². The number of hydrogen-bond acceptors (Lipinski definition) is 4. The standard InChI is InChI=1S/C14H12FN3O2/c15-11-4-3-9(6-10(11)7-16)8-18-13-12(20-14(18)19)2-1-5-17-13/h1-6H,7-8,16H2. The second-order valence-corrected chi connectivity index (χ2v) is 4.41. The molecule has 102 valence electrons. The summed E-state index contributed by atoms with van der Waals surface area (Å²) < 4.78 is 19.9. The van der Waals surface area contributed by atoms with Crippen LogP contribution >= 0.6 is 0 Å². The van der Waals surface area contributed by atoms with Gasteiger partial charge >= 0.3 is 5.76 Å². The molecule has 0 radical (unpaired) electrons. The number of nitrogens with two attached hydrogens (primary N) is 1. The van der Waals surface area contributed by atoms with Gasteiger partial charge < -0.3 is 10.2 Å². The first-order valence-corrected chi connectivity index (χ1v) is 6.11. The van der Waals surface area contributed by atoms with Crippen molar-refractivity contribution in [2.45, 2.75) is 13.1 Å². The molecule has 0 bridgehead atoms. The lowest BCUT2D eigenvalue weighted by molar-refractivity contribution is 0.517. The van der Waals surface area contributed by atoms with Gasteiger partial charge in [0.1, 0.15) is 5.82 Å². The lowest BCUT2D eigenvalue weighted by atomic mass is 10.1. The van der Waals surface area contributed by atoms with Crippen LogP contribution in [0.4, 0.5) is 4.39 Å². The van der Waals surface area contributed by atoms with E-state index in [0.717, 1.165) is 5.56 Å². The average Bonchev–Trinajstić information content (AvgIpc) is 2.77. The van der Waals surface area contributed by atoms with Crippen molar-refractivity contribution in [1.29, 1.82) is 0 Å². The molecule has 0 aliphatic heterocycles. The summed E-state index contributed by atoms with van der Waals surface area (Å²) in [6.07, 6.45) is 1.59.